The van der Waals surface area contributed by atoms with Crippen LogP contribution in [0.3, 0.4) is 0 Å². The molecule has 3 aromatic rings. The quantitative estimate of drug-likeness (QED) is 0.697. The topological polar surface area (TPSA) is 48.5 Å². The number of nitrogens with zero attached hydrogens (tertiary/aromatic N) is 5. The maximum atomic E-state index is 6.35. The molecule has 21 heavy (non-hydrogen) atoms. The van der Waals surface area contributed by atoms with E-state index in [1.807, 2.05) is 30.7 Å². The van der Waals surface area contributed by atoms with Crippen LogP contribution in [-0.2, 0) is 7.05 Å². The third-order valence-electron chi connectivity index (χ3n) is 3.80. The molecule has 5 nitrogen and oxygen atoms in total. The van der Waals surface area contributed by atoms with Gasteiger partial charge in [-0.25, -0.2) is 4.98 Å². The molecule has 0 saturated carbocycles. The highest BCUT2D eigenvalue weighted by Crippen LogP contribution is 2.31. The lowest BCUT2D eigenvalue weighted by atomic mass is 10.2. The lowest BCUT2D eigenvalue weighted by Gasteiger charge is -2.18. The van der Waals surface area contributed by atoms with Crippen molar-refractivity contribution in [2.24, 2.45) is 7.05 Å². The van der Waals surface area contributed by atoms with Gasteiger partial charge in [-0.15, -0.1) is 21.8 Å². The van der Waals surface area contributed by atoms with Crippen LogP contribution in [0.1, 0.15) is 42.5 Å². The zero-order valence-electron chi connectivity index (χ0n) is 12.6. The van der Waals surface area contributed by atoms with Crippen molar-refractivity contribution >= 4 is 22.6 Å². The van der Waals surface area contributed by atoms with Crippen LogP contribution in [0, 0.1) is 6.92 Å². The number of benzene rings is 1. The van der Waals surface area contributed by atoms with Gasteiger partial charge in [0.15, 0.2) is 5.82 Å². The third-order valence-corrected chi connectivity index (χ3v) is 4.00. The number of aryl methyl sites for hydroxylation is 2. The Labute approximate surface area is 128 Å². The molecule has 2 heterocycles. The van der Waals surface area contributed by atoms with Gasteiger partial charge < -0.3 is 9.13 Å². The van der Waals surface area contributed by atoms with Crippen molar-refractivity contribution in [3.05, 3.63) is 41.7 Å². The molecule has 2 atom stereocenters. The van der Waals surface area contributed by atoms with Gasteiger partial charge >= 0.3 is 0 Å². The first-order valence-electron chi connectivity index (χ1n) is 6.96. The first-order valence-corrected chi connectivity index (χ1v) is 7.39. The predicted octanol–water partition coefficient (Wildman–Crippen LogP) is 3.38. The monoisotopic (exact) mass is 303 g/mol. The first kappa shape index (κ1) is 14.1. The van der Waals surface area contributed by atoms with E-state index >= 15 is 0 Å². The molecule has 2 unspecified atom stereocenters. The van der Waals surface area contributed by atoms with Crippen LogP contribution in [0.15, 0.2) is 24.5 Å². The summed E-state index contributed by atoms with van der Waals surface area (Å²) < 4.78 is 4.10. The van der Waals surface area contributed by atoms with Crippen LogP contribution in [0.5, 0.6) is 0 Å². The summed E-state index contributed by atoms with van der Waals surface area (Å²) in [5.41, 5.74) is 3.25. The Hall–Kier alpha value is -1.88. The minimum Gasteiger partial charge on any atom is -0.319 e. The fraction of sp³-hybridized carbons (Fsp3) is 0.400. The number of imidazole rings is 1. The van der Waals surface area contributed by atoms with Gasteiger partial charge in [0.05, 0.1) is 22.5 Å². The van der Waals surface area contributed by atoms with Gasteiger partial charge in [0.2, 0.25) is 0 Å². The Bertz CT molecular complexity index is 787. The molecular formula is C15H18ClN5. The van der Waals surface area contributed by atoms with E-state index in [1.54, 1.807) is 6.33 Å². The standard InChI is InChI=1S/C15H18ClN5/c1-9-6-5-7-12-13(9)21(14(18-12)10(2)16)11(3)15-19-17-8-20(15)4/h5-8,10-11H,1-4H3. The molecule has 1 aromatic carbocycles. The Morgan fingerprint density at radius 2 is 1.95 bits per heavy atom. The molecule has 0 bridgehead atoms. The SMILES string of the molecule is Cc1cccc2nc(C(C)Cl)n(C(C)c3nncn3C)c12. The van der Waals surface area contributed by atoms with Crippen molar-refractivity contribution in [3.63, 3.8) is 0 Å². The number of halogens is 1. The molecule has 0 aliphatic carbocycles. The average molecular weight is 304 g/mol. The first-order chi connectivity index (χ1) is 10.0. The second-order valence-corrected chi connectivity index (χ2v) is 6.03. The molecule has 0 spiro atoms. The molecule has 0 saturated heterocycles. The number of para-hydroxylation sites is 1. The smallest absolute Gasteiger partial charge is 0.155 e. The highest BCUT2D eigenvalue weighted by atomic mass is 35.5. The van der Waals surface area contributed by atoms with Gasteiger partial charge in [-0.3, -0.25) is 0 Å². The number of hydrogen-bond acceptors (Lipinski definition) is 3. The van der Waals surface area contributed by atoms with Crippen molar-refractivity contribution in [1.82, 2.24) is 24.3 Å². The largest absolute Gasteiger partial charge is 0.319 e. The highest BCUT2D eigenvalue weighted by molar-refractivity contribution is 6.20. The number of aromatic nitrogens is 5. The summed E-state index contributed by atoms with van der Waals surface area (Å²) in [6, 6.07) is 6.14. The molecule has 3 rings (SSSR count). The summed E-state index contributed by atoms with van der Waals surface area (Å²) in [6.45, 7) is 6.13. The molecule has 0 N–H and O–H groups in total. The Morgan fingerprint density at radius 1 is 1.19 bits per heavy atom. The van der Waals surface area contributed by atoms with Crippen molar-refractivity contribution in [2.45, 2.75) is 32.2 Å². The molecule has 0 fully saturated rings. The summed E-state index contributed by atoms with van der Waals surface area (Å²) in [6.07, 6.45) is 1.71. The summed E-state index contributed by atoms with van der Waals surface area (Å²) in [7, 11) is 1.95. The molecule has 0 aliphatic rings. The number of fused-ring (bicyclic) bond motifs is 1. The number of hydrogen-bond donors (Lipinski definition) is 0. The van der Waals surface area contributed by atoms with Crippen LogP contribution in [0.4, 0.5) is 0 Å². The van der Waals surface area contributed by atoms with Gasteiger partial charge in [0.25, 0.3) is 0 Å². The lowest BCUT2D eigenvalue weighted by Crippen LogP contribution is -2.15. The van der Waals surface area contributed by atoms with Crippen molar-refractivity contribution in [1.29, 1.82) is 0 Å². The summed E-state index contributed by atoms with van der Waals surface area (Å²) >= 11 is 6.35. The van der Waals surface area contributed by atoms with Crippen molar-refractivity contribution in [3.8, 4) is 0 Å². The van der Waals surface area contributed by atoms with Crippen LogP contribution in [-0.4, -0.2) is 24.3 Å². The Morgan fingerprint density at radius 3 is 2.57 bits per heavy atom. The summed E-state index contributed by atoms with van der Waals surface area (Å²) in [5, 5.41) is 8.03. The molecule has 0 amide bonds. The van der Waals surface area contributed by atoms with Crippen molar-refractivity contribution < 1.29 is 0 Å². The Kier molecular flexibility index (Phi) is 3.45. The zero-order valence-corrected chi connectivity index (χ0v) is 13.3. The van der Waals surface area contributed by atoms with Crippen LogP contribution in [0.2, 0.25) is 0 Å². The van der Waals surface area contributed by atoms with E-state index in [2.05, 4.69) is 34.7 Å². The normalized spacial score (nSPS) is 14.5. The van der Waals surface area contributed by atoms with Gasteiger partial charge in [0, 0.05) is 7.05 Å². The van der Waals surface area contributed by atoms with E-state index in [4.69, 9.17) is 16.6 Å². The van der Waals surface area contributed by atoms with Crippen molar-refractivity contribution in [2.75, 3.05) is 0 Å². The maximum Gasteiger partial charge on any atom is 0.155 e. The number of alkyl halides is 1. The second-order valence-electron chi connectivity index (χ2n) is 5.37. The Balaban J connectivity index is 2.29. The van der Waals surface area contributed by atoms with Gasteiger partial charge in [-0.1, -0.05) is 12.1 Å². The average Bonchev–Trinajstić information content (AvgIpc) is 3.02. The fourth-order valence-corrected chi connectivity index (χ4v) is 2.95. The van der Waals surface area contributed by atoms with Gasteiger partial charge in [-0.2, -0.15) is 0 Å². The maximum absolute atomic E-state index is 6.35. The molecule has 6 heteroatoms. The minimum absolute atomic E-state index is 0.0137. The van der Waals surface area contributed by atoms with E-state index in [-0.39, 0.29) is 11.4 Å². The predicted molar refractivity (Wildman–Crippen MR) is 83.6 cm³/mol. The molecular weight excluding hydrogens is 286 g/mol. The summed E-state index contributed by atoms with van der Waals surface area (Å²) in [4.78, 5) is 4.71. The molecule has 110 valence electrons. The minimum atomic E-state index is -0.174. The molecule has 2 aromatic heterocycles. The van der Waals surface area contributed by atoms with Crippen LogP contribution < -0.4 is 0 Å². The second kappa shape index (κ2) is 5.15. The van der Waals surface area contributed by atoms with E-state index in [0.29, 0.717) is 0 Å². The number of rotatable bonds is 3. The summed E-state index contributed by atoms with van der Waals surface area (Å²) in [5.74, 6) is 1.74. The highest BCUT2D eigenvalue weighted by Gasteiger charge is 2.23. The zero-order chi connectivity index (χ0) is 15.1. The third kappa shape index (κ3) is 2.21. The van der Waals surface area contributed by atoms with E-state index in [9.17, 15) is 0 Å². The van der Waals surface area contributed by atoms with Gasteiger partial charge in [0.1, 0.15) is 12.2 Å². The lowest BCUT2D eigenvalue weighted by molar-refractivity contribution is 0.562. The van der Waals surface area contributed by atoms with Crippen LogP contribution >= 0.6 is 11.6 Å². The fourth-order valence-electron chi connectivity index (χ4n) is 2.80. The van der Waals surface area contributed by atoms with Crippen LogP contribution in [0.25, 0.3) is 11.0 Å². The molecule has 0 aliphatic heterocycles. The van der Waals surface area contributed by atoms with E-state index in [1.165, 1.54) is 5.56 Å². The van der Waals surface area contributed by atoms with E-state index in [0.717, 1.165) is 22.7 Å². The van der Waals surface area contributed by atoms with E-state index < -0.39 is 0 Å². The van der Waals surface area contributed by atoms with Gasteiger partial charge in [-0.05, 0) is 32.4 Å². The molecule has 0 radical (unpaired) electrons.